The molecule has 0 spiro atoms. The highest BCUT2D eigenvalue weighted by Gasteiger charge is 2.15. The summed E-state index contributed by atoms with van der Waals surface area (Å²) >= 11 is 0. The number of amides is 1. The number of H-pyrrole nitrogens is 1. The lowest BCUT2D eigenvalue weighted by molar-refractivity contribution is -0.131. The molecule has 0 aliphatic carbocycles. The van der Waals surface area contributed by atoms with Gasteiger partial charge in [0.2, 0.25) is 5.91 Å². The molecule has 0 saturated carbocycles. The molecule has 0 aliphatic heterocycles. The fourth-order valence-corrected chi connectivity index (χ4v) is 2.92. The third kappa shape index (κ3) is 4.89. The smallest absolute Gasteiger partial charge is 0.335 e. The van der Waals surface area contributed by atoms with Crippen LogP contribution in [0.2, 0.25) is 0 Å². The summed E-state index contributed by atoms with van der Waals surface area (Å²) in [4.78, 5) is 32.5. The molecular formula is C20H25N3O2. The van der Waals surface area contributed by atoms with Crippen LogP contribution < -0.4 is 5.69 Å². The van der Waals surface area contributed by atoms with Gasteiger partial charge >= 0.3 is 5.69 Å². The van der Waals surface area contributed by atoms with Gasteiger partial charge in [0, 0.05) is 30.9 Å². The van der Waals surface area contributed by atoms with E-state index in [0.29, 0.717) is 31.6 Å². The van der Waals surface area contributed by atoms with Gasteiger partial charge in [-0.25, -0.2) is 4.79 Å². The Hall–Kier alpha value is -2.69. The Labute approximate surface area is 148 Å². The van der Waals surface area contributed by atoms with Crippen molar-refractivity contribution >= 4 is 5.91 Å². The molecule has 0 radical (unpaired) electrons. The van der Waals surface area contributed by atoms with Crippen LogP contribution in [-0.2, 0) is 17.8 Å². The maximum atomic E-state index is 12.7. The number of carbonyl (C=O) groups excluding carboxylic acids is 1. The first-order chi connectivity index (χ1) is 11.9. The lowest BCUT2D eigenvalue weighted by Crippen LogP contribution is -2.31. The van der Waals surface area contributed by atoms with E-state index in [0.717, 1.165) is 16.8 Å². The second-order valence-electron chi connectivity index (χ2n) is 6.22. The molecule has 2 rings (SSSR count). The van der Waals surface area contributed by atoms with E-state index >= 15 is 0 Å². The Morgan fingerprint density at radius 2 is 2.00 bits per heavy atom. The minimum Gasteiger partial charge on any atom is -0.335 e. The Bertz CT molecular complexity index is 798. The number of nitrogens with zero attached hydrogens (tertiary/aromatic N) is 2. The molecular weight excluding hydrogens is 314 g/mol. The fraction of sp³-hybridized carbons (Fsp3) is 0.350. The van der Waals surface area contributed by atoms with Crippen molar-refractivity contribution in [2.45, 2.75) is 40.2 Å². The van der Waals surface area contributed by atoms with Crippen molar-refractivity contribution in [2.75, 3.05) is 6.54 Å². The monoisotopic (exact) mass is 339 g/mol. The van der Waals surface area contributed by atoms with Crippen molar-refractivity contribution < 1.29 is 4.79 Å². The van der Waals surface area contributed by atoms with Crippen molar-refractivity contribution in [3.8, 4) is 0 Å². The van der Waals surface area contributed by atoms with Crippen LogP contribution in [0, 0.1) is 20.8 Å². The summed E-state index contributed by atoms with van der Waals surface area (Å²) in [7, 11) is 0. The highest BCUT2D eigenvalue weighted by Crippen LogP contribution is 2.14. The summed E-state index contributed by atoms with van der Waals surface area (Å²) < 4.78 is 0. The molecule has 0 fully saturated rings. The number of carbonyl (C=O) groups is 1. The summed E-state index contributed by atoms with van der Waals surface area (Å²) in [5.74, 6) is 0.0631. The summed E-state index contributed by atoms with van der Waals surface area (Å²) in [5, 5.41) is 0. The van der Waals surface area contributed by atoms with Crippen molar-refractivity contribution in [1.82, 2.24) is 14.9 Å². The summed E-state index contributed by atoms with van der Waals surface area (Å²) in [6.45, 7) is 10.5. The van der Waals surface area contributed by atoms with Crippen molar-refractivity contribution in [3.05, 3.63) is 75.5 Å². The van der Waals surface area contributed by atoms with Crippen LogP contribution in [0.4, 0.5) is 0 Å². The highest BCUT2D eigenvalue weighted by atomic mass is 16.2. The standard InChI is InChI=1S/C20H25N3O2/c1-5-12-23(13-17-9-7-6-8-14(17)2)19(24)11-10-18-15(3)21-20(25)22-16(18)4/h5-9H,1,10-13H2,2-4H3,(H,21,22,25). The molecule has 1 aromatic heterocycles. The van der Waals surface area contributed by atoms with Crippen LogP contribution in [0.15, 0.2) is 41.7 Å². The lowest BCUT2D eigenvalue weighted by Gasteiger charge is -2.22. The molecule has 132 valence electrons. The second kappa shape index (κ2) is 8.42. The van der Waals surface area contributed by atoms with Gasteiger partial charge in [-0.05, 0) is 43.9 Å². The number of nitrogens with one attached hydrogen (secondary N) is 1. The van der Waals surface area contributed by atoms with Crippen LogP contribution in [0.1, 0.15) is 34.5 Å². The molecule has 1 N–H and O–H groups in total. The molecule has 0 saturated heterocycles. The molecule has 2 aromatic rings. The number of hydrogen-bond acceptors (Lipinski definition) is 3. The fourth-order valence-electron chi connectivity index (χ4n) is 2.92. The van der Waals surface area contributed by atoms with Crippen molar-refractivity contribution in [1.29, 1.82) is 0 Å². The molecule has 5 nitrogen and oxygen atoms in total. The van der Waals surface area contributed by atoms with Crippen molar-refractivity contribution in [3.63, 3.8) is 0 Å². The minimum atomic E-state index is -0.349. The van der Waals surface area contributed by atoms with E-state index in [-0.39, 0.29) is 11.6 Å². The highest BCUT2D eigenvalue weighted by molar-refractivity contribution is 5.76. The van der Waals surface area contributed by atoms with E-state index in [1.54, 1.807) is 17.9 Å². The number of hydrogen-bond donors (Lipinski definition) is 1. The lowest BCUT2D eigenvalue weighted by atomic mass is 10.1. The third-order valence-corrected chi connectivity index (χ3v) is 4.37. The number of benzene rings is 1. The van der Waals surface area contributed by atoms with Gasteiger partial charge in [0.15, 0.2) is 0 Å². The maximum absolute atomic E-state index is 12.7. The molecule has 25 heavy (non-hydrogen) atoms. The summed E-state index contributed by atoms with van der Waals surface area (Å²) in [6.07, 6.45) is 2.67. The molecule has 0 bridgehead atoms. The van der Waals surface area contributed by atoms with Crippen molar-refractivity contribution in [2.24, 2.45) is 0 Å². The molecule has 0 unspecified atom stereocenters. The summed E-state index contributed by atoms with van der Waals surface area (Å²) in [6, 6.07) is 8.06. The molecule has 1 heterocycles. The second-order valence-corrected chi connectivity index (χ2v) is 6.22. The van der Waals surface area contributed by atoms with Crippen LogP contribution in [-0.4, -0.2) is 27.3 Å². The first-order valence-electron chi connectivity index (χ1n) is 8.42. The largest absolute Gasteiger partial charge is 0.345 e. The van der Waals surface area contributed by atoms with E-state index in [4.69, 9.17) is 0 Å². The zero-order chi connectivity index (χ0) is 18.4. The summed E-state index contributed by atoms with van der Waals surface area (Å²) in [5.41, 5.74) is 4.35. The van der Waals surface area contributed by atoms with Gasteiger partial charge in [0.05, 0.1) is 0 Å². The maximum Gasteiger partial charge on any atom is 0.345 e. The molecule has 5 heteroatoms. The van der Waals surface area contributed by atoms with Gasteiger partial charge in [-0.1, -0.05) is 30.3 Å². The Morgan fingerprint density at radius 1 is 1.28 bits per heavy atom. The van der Waals surface area contributed by atoms with Gasteiger partial charge in [-0.3, -0.25) is 4.79 Å². The number of rotatable bonds is 7. The van der Waals surface area contributed by atoms with E-state index in [2.05, 4.69) is 16.5 Å². The van der Waals surface area contributed by atoms with Gasteiger partial charge in [-0.15, -0.1) is 6.58 Å². The molecule has 1 aromatic carbocycles. The molecule has 1 amide bonds. The first-order valence-corrected chi connectivity index (χ1v) is 8.42. The topological polar surface area (TPSA) is 66.1 Å². The van der Waals surface area contributed by atoms with E-state index in [1.807, 2.05) is 38.1 Å². The predicted octanol–water partition coefficient (Wildman–Crippen LogP) is 2.84. The number of aromatic nitrogens is 2. The van der Waals surface area contributed by atoms with E-state index < -0.39 is 0 Å². The van der Waals surface area contributed by atoms with Gasteiger partial charge in [0.1, 0.15) is 0 Å². The SMILES string of the molecule is C=CCN(Cc1ccccc1C)C(=O)CCc1c(C)nc(=O)[nH]c1C. The van der Waals surface area contributed by atoms with E-state index in [9.17, 15) is 9.59 Å². The minimum absolute atomic E-state index is 0.0631. The van der Waals surface area contributed by atoms with Crippen LogP contribution in [0.5, 0.6) is 0 Å². The van der Waals surface area contributed by atoms with Gasteiger partial charge in [-0.2, -0.15) is 4.98 Å². The average Bonchev–Trinajstić information content (AvgIpc) is 2.55. The first kappa shape index (κ1) is 18.6. The predicted molar refractivity (Wildman–Crippen MR) is 99.4 cm³/mol. The Morgan fingerprint density at radius 3 is 2.64 bits per heavy atom. The normalized spacial score (nSPS) is 10.5. The number of aromatic amines is 1. The Balaban J connectivity index is 2.09. The van der Waals surface area contributed by atoms with Crippen LogP contribution in [0.3, 0.4) is 0 Å². The number of aryl methyl sites for hydroxylation is 3. The molecule has 0 atom stereocenters. The van der Waals surface area contributed by atoms with E-state index in [1.165, 1.54) is 5.56 Å². The van der Waals surface area contributed by atoms with Crippen LogP contribution >= 0.6 is 0 Å². The zero-order valence-corrected chi connectivity index (χ0v) is 15.1. The van der Waals surface area contributed by atoms with Crippen LogP contribution in [0.25, 0.3) is 0 Å². The van der Waals surface area contributed by atoms with Gasteiger partial charge in [0.25, 0.3) is 0 Å². The average molecular weight is 339 g/mol. The zero-order valence-electron chi connectivity index (χ0n) is 15.1. The third-order valence-electron chi connectivity index (χ3n) is 4.37. The quantitative estimate of drug-likeness (QED) is 0.789. The molecule has 0 aliphatic rings. The van der Waals surface area contributed by atoms with Gasteiger partial charge < -0.3 is 9.88 Å². The Kier molecular flexibility index (Phi) is 6.28.